The summed E-state index contributed by atoms with van der Waals surface area (Å²) in [6.07, 6.45) is 0.276. The number of carbonyl (C=O) groups excluding carboxylic acids is 2. The summed E-state index contributed by atoms with van der Waals surface area (Å²) >= 11 is 0. The van der Waals surface area contributed by atoms with Crippen LogP contribution < -0.4 is 9.62 Å². The van der Waals surface area contributed by atoms with Gasteiger partial charge in [0.25, 0.3) is 10.0 Å². The van der Waals surface area contributed by atoms with E-state index in [1.54, 1.807) is 42.5 Å². The van der Waals surface area contributed by atoms with Gasteiger partial charge in [0, 0.05) is 19.5 Å². The molecule has 0 heterocycles. The molecule has 230 valence electrons. The summed E-state index contributed by atoms with van der Waals surface area (Å²) in [5, 5.41) is 3.01. The van der Waals surface area contributed by atoms with Crippen LogP contribution in [0, 0.1) is 19.8 Å². The van der Waals surface area contributed by atoms with Crippen molar-refractivity contribution in [2.45, 2.75) is 51.6 Å². The highest BCUT2D eigenvalue weighted by Gasteiger charge is 2.34. The van der Waals surface area contributed by atoms with Crippen molar-refractivity contribution in [2.75, 3.05) is 17.4 Å². The van der Waals surface area contributed by atoms with E-state index in [1.807, 2.05) is 94.4 Å². The lowest BCUT2D eigenvalue weighted by atomic mass is 10.0. The van der Waals surface area contributed by atoms with E-state index in [0.717, 1.165) is 26.6 Å². The number of amides is 2. The van der Waals surface area contributed by atoms with Crippen LogP contribution in [0.1, 0.15) is 36.1 Å². The molecule has 4 rings (SSSR count). The maximum Gasteiger partial charge on any atom is 0.264 e. The molecule has 8 heteroatoms. The van der Waals surface area contributed by atoms with Gasteiger partial charge in [0.2, 0.25) is 11.8 Å². The van der Waals surface area contributed by atoms with Crippen LogP contribution in [0.5, 0.6) is 0 Å². The summed E-state index contributed by atoms with van der Waals surface area (Å²) in [6.45, 7) is 7.89. The quantitative estimate of drug-likeness (QED) is 0.204. The number of benzene rings is 4. The van der Waals surface area contributed by atoms with Crippen molar-refractivity contribution in [3.8, 4) is 0 Å². The smallest absolute Gasteiger partial charge is 0.264 e. The summed E-state index contributed by atoms with van der Waals surface area (Å²) in [6, 6.07) is 31.8. The molecule has 2 amide bonds. The Hall–Kier alpha value is -4.43. The number of hydrogen-bond donors (Lipinski definition) is 1. The van der Waals surface area contributed by atoms with E-state index in [4.69, 9.17) is 0 Å². The highest BCUT2D eigenvalue weighted by molar-refractivity contribution is 7.92. The van der Waals surface area contributed by atoms with E-state index >= 15 is 0 Å². The molecule has 0 aliphatic heterocycles. The number of anilines is 1. The van der Waals surface area contributed by atoms with Gasteiger partial charge in [-0.25, -0.2) is 8.42 Å². The van der Waals surface area contributed by atoms with Gasteiger partial charge in [-0.3, -0.25) is 13.9 Å². The van der Waals surface area contributed by atoms with Gasteiger partial charge in [0.15, 0.2) is 0 Å². The standard InChI is InChI=1S/C36H41N3O4S/c1-27(2)24-37-36(41)34(23-30-13-7-5-8-14-30)38(25-31-15-9-6-10-16-31)35(40)26-39(32-17-11-12-29(4)22-32)44(42,43)33-20-18-28(3)19-21-33/h5-22,27,34H,23-26H2,1-4H3,(H,37,41)/t34-/m1/s1. The van der Waals surface area contributed by atoms with E-state index in [0.29, 0.717) is 12.2 Å². The first-order chi connectivity index (χ1) is 21.0. The van der Waals surface area contributed by atoms with E-state index < -0.39 is 28.5 Å². The normalized spacial score (nSPS) is 12.0. The molecule has 0 fully saturated rings. The molecule has 0 saturated heterocycles. The molecule has 0 radical (unpaired) electrons. The third-order valence-corrected chi connectivity index (χ3v) is 9.12. The summed E-state index contributed by atoms with van der Waals surface area (Å²) < 4.78 is 29.4. The van der Waals surface area contributed by atoms with Gasteiger partial charge in [-0.1, -0.05) is 104 Å². The Labute approximate surface area is 261 Å². The second kappa shape index (κ2) is 14.8. The molecular weight excluding hydrogens is 570 g/mol. The number of carbonyl (C=O) groups is 2. The topological polar surface area (TPSA) is 86.8 Å². The van der Waals surface area contributed by atoms with Crippen molar-refractivity contribution < 1.29 is 18.0 Å². The zero-order valence-electron chi connectivity index (χ0n) is 25.8. The fourth-order valence-corrected chi connectivity index (χ4v) is 6.31. The Kier molecular flexibility index (Phi) is 11.0. The monoisotopic (exact) mass is 611 g/mol. The Morgan fingerprint density at radius 1 is 0.750 bits per heavy atom. The van der Waals surface area contributed by atoms with E-state index in [2.05, 4.69) is 5.32 Å². The number of sulfonamides is 1. The number of nitrogens with one attached hydrogen (secondary N) is 1. The maximum absolute atomic E-state index is 14.5. The van der Waals surface area contributed by atoms with Crippen LogP contribution in [-0.4, -0.2) is 44.3 Å². The molecule has 0 bridgehead atoms. The van der Waals surface area contributed by atoms with E-state index in [9.17, 15) is 18.0 Å². The molecule has 0 unspecified atom stereocenters. The minimum Gasteiger partial charge on any atom is -0.354 e. The number of hydrogen-bond acceptors (Lipinski definition) is 4. The summed E-state index contributed by atoms with van der Waals surface area (Å²) in [5.41, 5.74) is 3.88. The van der Waals surface area contributed by atoms with Crippen molar-refractivity contribution in [3.63, 3.8) is 0 Å². The first-order valence-corrected chi connectivity index (χ1v) is 16.3. The van der Waals surface area contributed by atoms with Gasteiger partial charge < -0.3 is 10.2 Å². The highest BCUT2D eigenvalue weighted by Crippen LogP contribution is 2.26. The molecule has 0 aromatic heterocycles. The lowest BCUT2D eigenvalue weighted by Crippen LogP contribution is -2.53. The Morgan fingerprint density at radius 2 is 1.36 bits per heavy atom. The molecular formula is C36H41N3O4S. The van der Waals surface area contributed by atoms with E-state index in [-0.39, 0.29) is 29.7 Å². The van der Waals surface area contributed by atoms with Crippen molar-refractivity contribution in [1.29, 1.82) is 0 Å². The average Bonchev–Trinajstić information content (AvgIpc) is 3.01. The Morgan fingerprint density at radius 3 is 1.95 bits per heavy atom. The van der Waals surface area contributed by atoms with Gasteiger partial charge in [-0.05, 0) is 60.7 Å². The van der Waals surface area contributed by atoms with Gasteiger partial charge in [0.05, 0.1) is 10.6 Å². The molecule has 0 aliphatic carbocycles. The molecule has 0 spiro atoms. The second-order valence-corrected chi connectivity index (χ2v) is 13.4. The molecule has 44 heavy (non-hydrogen) atoms. The predicted molar refractivity (Wildman–Crippen MR) is 176 cm³/mol. The van der Waals surface area contributed by atoms with Crippen molar-refractivity contribution in [3.05, 3.63) is 131 Å². The lowest BCUT2D eigenvalue weighted by Gasteiger charge is -2.34. The highest BCUT2D eigenvalue weighted by atomic mass is 32.2. The first-order valence-electron chi connectivity index (χ1n) is 14.9. The van der Waals surface area contributed by atoms with Crippen LogP contribution in [-0.2, 0) is 32.6 Å². The second-order valence-electron chi connectivity index (χ2n) is 11.5. The molecule has 0 aliphatic rings. The van der Waals surface area contributed by atoms with Gasteiger partial charge in [-0.2, -0.15) is 0 Å². The maximum atomic E-state index is 14.5. The van der Waals surface area contributed by atoms with Gasteiger partial charge >= 0.3 is 0 Å². The Balaban J connectivity index is 1.78. The Bertz CT molecular complexity index is 1640. The first kappa shape index (κ1) is 32.5. The predicted octanol–water partition coefficient (Wildman–Crippen LogP) is 5.91. The zero-order chi connectivity index (χ0) is 31.7. The largest absolute Gasteiger partial charge is 0.354 e. The summed E-state index contributed by atoms with van der Waals surface area (Å²) in [4.78, 5) is 29.9. The molecule has 1 N–H and O–H groups in total. The minimum absolute atomic E-state index is 0.0857. The molecule has 0 saturated carbocycles. The molecule has 7 nitrogen and oxygen atoms in total. The fourth-order valence-electron chi connectivity index (χ4n) is 4.91. The molecule has 4 aromatic rings. The van der Waals surface area contributed by atoms with Gasteiger partial charge in [0.1, 0.15) is 12.6 Å². The zero-order valence-corrected chi connectivity index (χ0v) is 26.6. The van der Waals surface area contributed by atoms with Crippen molar-refractivity contribution in [1.82, 2.24) is 10.2 Å². The fraction of sp³-hybridized carbons (Fsp3) is 0.278. The summed E-state index contributed by atoms with van der Waals surface area (Å²) in [5.74, 6) is -0.548. The molecule has 4 aromatic carbocycles. The number of nitrogens with zero attached hydrogens (tertiary/aromatic N) is 2. The van der Waals surface area contributed by atoms with Crippen LogP contribution in [0.25, 0.3) is 0 Å². The molecule has 1 atom stereocenters. The van der Waals surface area contributed by atoms with Crippen LogP contribution in [0.2, 0.25) is 0 Å². The van der Waals surface area contributed by atoms with Crippen LogP contribution >= 0.6 is 0 Å². The third-order valence-electron chi connectivity index (χ3n) is 7.33. The van der Waals surface area contributed by atoms with Crippen molar-refractivity contribution in [2.24, 2.45) is 5.92 Å². The van der Waals surface area contributed by atoms with Crippen LogP contribution in [0.15, 0.2) is 114 Å². The van der Waals surface area contributed by atoms with Crippen molar-refractivity contribution >= 4 is 27.5 Å². The number of aryl methyl sites for hydroxylation is 2. The van der Waals surface area contributed by atoms with E-state index in [1.165, 1.54) is 4.90 Å². The lowest BCUT2D eigenvalue weighted by molar-refractivity contribution is -0.140. The van der Waals surface area contributed by atoms with Crippen LogP contribution in [0.3, 0.4) is 0 Å². The SMILES string of the molecule is Cc1ccc(S(=O)(=O)N(CC(=O)N(Cc2ccccc2)[C@H](Cc2ccccc2)C(=O)NCC(C)C)c2cccc(C)c2)cc1. The third kappa shape index (κ3) is 8.57. The van der Waals surface area contributed by atoms with Crippen LogP contribution in [0.4, 0.5) is 5.69 Å². The average molecular weight is 612 g/mol. The number of rotatable bonds is 13. The van der Waals surface area contributed by atoms with Gasteiger partial charge in [-0.15, -0.1) is 0 Å². The summed E-state index contributed by atoms with van der Waals surface area (Å²) in [7, 11) is -4.13. The minimum atomic E-state index is -4.13.